The van der Waals surface area contributed by atoms with Gasteiger partial charge in [-0.2, -0.15) is 13.2 Å². The molecule has 0 aromatic heterocycles. The highest BCUT2D eigenvalue weighted by molar-refractivity contribution is 6.35. The number of methoxy groups -OCH3 is 2. The molecule has 0 radical (unpaired) electrons. The third-order valence-electron chi connectivity index (χ3n) is 4.50. The Morgan fingerprint density at radius 2 is 1.52 bits per heavy atom. The molecule has 152 valence electrons. The number of fused-ring (bicyclic) bond motifs is 1. The lowest BCUT2D eigenvalue weighted by molar-refractivity contribution is -0.138. The molecule has 0 bridgehead atoms. The summed E-state index contributed by atoms with van der Waals surface area (Å²) in [7, 11) is 2.81. The summed E-state index contributed by atoms with van der Waals surface area (Å²) in [5.41, 5.74) is -0.0668. The molecule has 0 fully saturated rings. The molecule has 0 heterocycles. The van der Waals surface area contributed by atoms with Crippen LogP contribution in [0.5, 0.6) is 11.5 Å². The van der Waals surface area contributed by atoms with Crippen molar-refractivity contribution < 1.29 is 37.0 Å². The van der Waals surface area contributed by atoms with Gasteiger partial charge in [0.1, 0.15) is 5.57 Å². The molecule has 0 saturated heterocycles. The fourth-order valence-electron chi connectivity index (χ4n) is 3.18. The molecular formula is C21H17F3O5. The van der Waals surface area contributed by atoms with Crippen LogP contribution < -0.4 is 9.47 Å². The van der Waals surface area contributed by atoms with Crippen LogP contribution in [0, 0.1) is 0 Å². The van der Waals surface area contributed by atoms with Crippen LogP contribution in [0.25, 0.3) is 5.57 Å². The molecular weight excluding hydrogens is 389 g/mol. The molecule has 8 heteroatoms. The van der Waals surface area contributed by atoms with Crippen molar-refractivity contribution in [2.45, 2.75) is 13.1 Å². The maximum Gasteiger partial charge on any atom is 0.416 e. The fraction of sp³-hybridized carbons (Fsp3) is 0.238. The summed E-state index contributed by atoms with van der Waals surface area (Å²) in [6.45, 7) is 1.63. The lowest BCUT2D eigenvalue weighted by Crippen LogP contribution is -2.14. The maximum absolute atomic E-state index is 13.0. The molecule has 0 saturated carbocycles. The van der Waals surface area contributed by atoms with Crippen molar-refractivity contribution in [2.24, 2.45) is 0 Å². The number of hydrogen-bond acceptors (Lipinski definition) is 5. The summed E-state index contributed by atoms with van der Waals surface area (Å²) in [6.07, 6.45) is -4.50. The maximum atomic E-state index is 13.0. The Kier molecular flexibility index (Phi) is 5.37. The van der Waals surface area contributed by atoms with E-state index < -0.39 is 23.5 Å². The predicted octanol–water partition coefficient (Wildman–Crippen LogP) is 4.28. The van der Waals surface area contributed by atoms with E-state index in [0.29, 0.717) is 11.3 Å². The molecule has 0 unspecified atom stereocenters. The molecule has 2 aromatic rings. The van der Waals surface area contributed by atoms with Crippen molar-refractivity contribution >= 4 is 17.3 Å². The van der Waals surface area contributed by atoms with Gasteiger partial charge in [0, 0.05) is 11.1 Å². The minimum Gasteiger partial charge on any atom is -0.493 e. The van der Waals surface area contributed by atoms with E-state index in [9.17, 15) is 22.8 Å². The lowest BCUT2D eigenvalue weighted by atomic mass is 9.96. The van der Waals surface area contributed by atoms with Gasteiger partial charge in [-0.15, -0.1) is 0 Å². The molecule has 0 atom stereocenters. The van der Waals surface area contributed by atoms with Crippen LogP contribution in [-0.2, 0) is 15.7 Å². The Labute approximate surface area is 164 Å². The Balaban J connectivity index is 2.24. The number of ketones is 1. The Bertz CT molecular complexity index is 1000. The van der Waals surface area contributed by atoms with E-state index in [1.54, 1.807) is 6.92 Å². The first-order valence-corrected chi connectivity index (χ1v) is 8.63. The molecule has 5 nitrogen and oxygen atoms in total. The van der Waals surface area contributed by atoms with Gasteiger partial charge in [-0.25, -0.2) is 4.79 Å². The summed E-state index contributed by atoms with van der Waals surface area (Å²) in [4.78, 5) is 25.5. The van der Waals surface area contributed by atoms with Crippen LogP contribution in [0.1, 0.15) is 34.0 Å². The van der Waals surface area contributed by atoms with E-state index >= 15 is 0 Å². The summed E-state index contributed by atoms with van der Waals surface area (Å²) in [6, 6.07) is 7.19. The first-order valence-electron chi connectivity index (χ1n) is 8.63. The van der Waals surface area contributed by atoms with Gasteiger partial charge in [-0.1, -0.05) is 12.1 Å². The number of carbonyl (C=O) groups excluding carboxylic acids is 2. The summed E-state index contributed by atoms with van der Waals surface area (Å²) >= 11 is 0. The van der Waals surface area contributed by atoms with Gasteiger partial charge < -0.3 is 14.2 Å². The number of hydrogen-bond donors (Lipinski definition) is 0. The predicted molar refractivity (Wildman–Crippen MR) is 98.0 cm³/mol. The van der Waals surface area contributed by atoms with Crippen molar-refractivity contribution in [2.75, 3.05) is 20.8 Å². The standard InChI is InChI=1S/C21H17F3O5/c1-4-29-20(26)18-17(11-5-7-12(8-6-11)21(22,23)24)13-9-15(27-2)16(28-3)10-14(13)19(18)25/h5-10H,4H2,1-3H3. The number of alkyl halides is 3. The second-order valence-electron chi connectivity index (χ2n) is 6.13. The van der Waals surface area contributed by atoms with Crippen LogP contribution in [0.2, 0.25) is 0 Å². The van der Waals surface area contributed by atoms with Gasteiger partial charge in [-0.3, -0.25) is 4.79 Å². The number of rotatable bonds is 5. The Morgan fingerprint density at radius 3 is 2.00 bits per heavy atom. The fourth-order valence-corrected chi connectivity index (χ4v) is 3.18. The van der Waals surface area contributed by atoms with Gasteiger partial charge in [-0.05, 0) is 42.3 Å². The quantitative estimate of drug-likeness (QED) is 0.548. The SMILES string of the molecule is CCOC(=O)C1=C(c2ccc(C(F)(F)F)cc2)c2cc(OC)c(OC)cc2C1=O. The van der Waals surface area contributed by atoms with Crippen LogP contribution >= 0.6 is 0 Å². The zero-order valence-corrected chi connectivity index (χ0v) is 15.8. The average Bonchev–Trinajstić information content (AvgIpc) is 2.98. The zero-order valence-electron chi connectivity index (χ0n) is 15.8. The van der Waals surface area contributed by atoms with E-state index in [1.165, 1.54) is 38.5 Å². The molecule has 2 aromatic carbocycles. The second-order valence-corrected chi connectivity index (χ2v) is 6.13. The Hall–Kier alpha value is -3.29. The molecule has 3 rings (SSSR count). The Morgan fingerprint density at radius 1 is 0.966 bits per heavy atom. The van der Waals surface area contributed by atoms with Crippen molar-refractivity contribution in [3.63, 3.8) is 0 Å². The molecule has 0 N–H and O–H groups in total. The number of carbonyl (C=O) groups is 2. The number of Topliss-reactive ketones (excluding diaryl/α,β-unsaturated/α-hetero) is 1. The number of esters is 1. The third kappa shape index (κ3) is 3.57. The van der Waals surface area contributed by atoms with Gasteiger partial charge in [0.25, 0.3) is 0 Å². The highest BCUT2D eigenvalue weighted by atomic mass is 19.4. The number of benzene rings is 2. The van der Waals surface area contributed by atoms with Gasteiger partial charge in [0.05, 0.1) is 26.4 Å². The second kappa shape index (κ2) is 7.62. The van der Waals surface area contributed by atoms with Crippen molar-refractivity contribution in [3.8, 4) is 11.5 Å². The van der Waals surface area contributed by atoms with Crippen LogP contribution in [0.4, 0.5) is 13.2 Å². The van der Waals surface area contributed by atoms with Crippen LogP contribution in [0.3, 0.4) is 0 Å². The third-order valence-corrected chi connectivity index (χ3v) is 4.50. The average molecular weight is 406 g/mol. The normalized spacial score (nSPS) is 13.4. The topological polar surface area (TPSA) is 61.8 Å². The summed E-state index contributed by atoms with van der Waals surface area (Å²) in [5.74, 6) is -0.833. The minimum atomic E-state index is -4.50. The van der Waals surface area contributed by atoms with E-state index in [0.717, 1.165) is 12.1 Å². The van der Waals surface area contributed by atoms with E-state index in [2.05, 4.69) is 0 Å². The first-order chi connectivity index (χ1) is 13.7. The minimum absolute atomic E-state index is 0.0406. The van der Waals surface area contributed by atoms with Crippen molar-refractivity contribution in [1.82, 2.24) is 0 Å². The smallest absolute Gasteiger partial charge is 0.416 e. The van der Waals surface area contributed by atoms with Crippen LogP contribution in [0.15, 0.2) is 42.0 Å². The van der Waals surface area contributed by atoms with E-state index in [4.69, 9.17) is 14.2 Å². The van der Waals surface area contributed by atoms with E-state index in [-0.39, 0.29) is 34.6 Å². The molecule has 1 aliphatic rings. The van der Waals surface area contributed by atoms with Gasteiger partial charge in [0.15, 0.2) is 11.5 Å². The molecule has 0 spiro atoms. The number of ether oxygens (including phenoxy) is 3. The highest BCUT2D eigenvalue weighted by Gasteiger charge is 2.37. The molecule has 0 aliphatic heterocycles. The van der Waals surface area contributed by atoms with Crippen LogP contribution in [-0.4, -0.2) is 32.6 Å². The lowest BCUT2D eigenvalue weighted by Gasteiger charge is -2.13. The first kappa shape index (κ1) is 20.4. The molecule has 29 heavy (non-hydrogen) atoms. The summed E-state index contributed by atoms with van der Waals surface area (Å²) < 4.78 is 54.2. The molecule has 0 amide bonds. The van der Waals surface area contributed by atoms with Crippen molar-refractivity contribution in [3.05, 3.63) is 64.2 Å². The van der Waals surface area contributed by atoms with Gasteiger partial charge in [0.2, 0.25) is 5.78 Å². The monoisotopic (exact) mass is 406 g/mol. The zero-order chi connectivity index (χ0) is 21.3. The van der Waals surface area contributed by atoms with Crippen molar-refractivity contribution in [1.29, 1.82) is 0 Å². The highest BCUT2D eigenvalue weighted by Crippen LogP contribution is 2.43. The van der Waals surface area contributed by atoms with Gasteiger partial charge >= 0.3 is 12.1 Å². The number of halogens is 3. The van der Waals surface area contributed by atoms with E-state index in [1.807, 2.05) is 0 Å². The summed E-state index contributed by atoms with van der Waals surface area (Å²) in [5, 5.41) is 0. The largest absolute Gasteiger partial charge is 0.493 e. The molecule has 1 aliphatic carbocycles.